The number of ether oxygens (including phenoxy) is 2. The Hall–Kier alpha value is -3.95. The van der Waals surface area contributed by atoms with Crippen LogP contribution in [0, 0.1) is 0 Å². The zero-order valence-corrected chi connectivity index (χ0v) is 16.4. The summed E-state index contributed by atoms with van der Waals surface area (Å²) >= 11 is 0. The quantitative estimate of drug-likeness (QED) is 0.563. The van der Waals surface area contributed by atoms with Crippen LogP contribution in [0.2, 0.25) is 0 Å². The molecule has 10 heteroatoms. The van der Waals surface area contributed by atoms with Gasteiger partial charge in [-0.25, -0.2) is 4.68 Å². The third-order valence-corrected chi connectivity index (χ3v) is 4.45. The van der Waals surface area contributed by atoms with Crippen LogP contribution in [0.3, 0.4) is 0 Å². The van der Waals surface area contributed by atoms with Gasteiger partial charge in [-0.05, 0) is 29.8 Å². The lowest BCUT2D eigenvalue weighted by Gasteiger charge is -2.19. The van der Waals surface area contributed by atoms with Crippen molar-refractivity contribution in [2.75, 3.05) is 14.2 Å². The van der Waals surface area contributed by atoms with Crippen molar-refractivity contribution in [3.05, 3.63) is 58.4 Å². The summed E-state index contributed by atoms with van der Waals surface area (Å²) in [5.74, 6) is -0.809. The van der Waals surface area contributed by atoms with E-state index in [0.29, 0.717) is 28.0 Å². The number of rotatable bonds is 8. The Kier molecular flexibility index (Phi) is 6.26. The van der Waals surface area contributed by atoms with Gasteiger partial charge in [0.05, 0.1) is 32.1 Å². The fourth-order valence-electron chi connectivity index (χ4n) is 3.00. The number of benzene rings is 2. The smallest absolute Gasteiger partial charge is 0.305 e. The molecule has 2 aromatic carbocycles. The first kappa shape index (κ1) is 20.8. The number of nitrogens with zero attached hydrogens (tertiary/aromatic N) is 3. The molecule has 2 N–H and O–H groups in total. The van der Waals surface area contributed by atoms with Crippen molar-refractivity contribution in [3.63, 3.8) is 0 Å². The van der Waals surface area contributed by atoms with Gasteiger partial charge in [0.25, 0.3) is 5.56 Å². The van der Waals surface area contributed by atoms with E-state index in [1.807, 2.05) is 0 Å². The Bertz CT molecular complexity index is 1140. The molecule has 156 valence electrons. The molecule has 0 fully saturated rings. The second kappa shape index (κ2) is 9.03. The molecular formula is C20H20N4O6. The van der Waals surface area contributed by atoms with E-state index in [2.05, 4.69) is 15.6 Å². The summed E-state index contributed by atoms with van der Waals surface area (Å²) in [5, 5.41) is 19.9. The molecule has 1 atom stereocenters. The summed E-state index contributed by atoms with van der Waals surface area (Å²) in [6, 6.07) is 10.7. The molecule has 0 aliphatic heterocycles. The van der Waals surface area contributed by atoms with E-state index in [9.17, 15) is 19.5 Å². The fourth-order valence-corrected chi connectivity index (χ4v) is 3.00. The standard InChI is InChI=1S/C20H20N4O6/c1-29-16-8-7-12(9-17(16)30-2)15(10-19(26)27)21-18(25)11-24-20(28)13-5-3-4-6-14(13)22-23-24/h3-9,15H,10-11H2,1-2H3,(H,21,25)(H,26,27)/t15-/m0/s1. The molecule has 0 aliphatic rings. The van der Waals surface area contributed by atoms with Crippen LogP contribution in [0.5, 0.6) is 11.5 Å². The molecule has 3 rings (SSSR count). The highest BCUT2D eigenvalue weighted by Gasteiger charge is 2.21. The fraction of sp³-hybridized carbons (Fsp3) is 0.250. The Labute approximate surface area is 171 Å². The number of amides is 1. The van der Waals surface area contributed by atoms with Gasteiger partial charge in [-0.1, -0.05) is 23.4 Å². The molecule has 1 aromatic heterocycles. The predicted octanol–water partition coefficient (Wildman–Crippen LogP) is 1.14. The van der Waals surface area contributed by atoms with Crippen LogP contribution < -0.4 is 20.3 Å². The van der Waals surface area contributed by atoms with Gasteiger partial charge in [-0.2, -0.15) is 0 Å². The Balaban J connectivity index is 1.83. The number of hydrogen-bond acceptors (Lipinski definition) is 7. The van der Waals surface area contributed by atoms with E-state index < -0.39 is 30.0 Å². The first-order valence-electron chi connectivity index (χ1n) is 8.98. The SMILES string of the molecule is COc1ccc([C@H](CC(=O)O)NC(=O)Cn2nnc3ccccc3c2=O)cc1OC. The van der Waals surface area contributed by atoms with Gasteiger partial charge in [-0.15, -0.1) is 5.10 Å². The lowest BCUT2D eigenvalue weighted by atomic mass is 10.0. The van der Waals surface area contributed by atoms with Crippen molar-refractivity contribution in [2.24, 2.45) is 0 Å². The van der Waals surface area contributed by atoms with Crippen LogP contribution in [0.25, 0.3) is 10.9 Å². The van der Waals surface area contributed by atoms with Crippen LogP contribution >= 0.6 is 0 Å². The van der Waals surface area contributed by atoms with E-state index in [0.717, 1.165) is 4.68 Å². The molecule has 10 nitrogen and oxygen atoms in total. The highest BCUT2D eigenvalue weighted by Crippen LogP contribution is 2.31. The molecule has 1 amide bonds. The number of carboxylic acid groups (broad SMARTS) is 1. The maximum atomic E-state index is 12.6. The average Bonchev–Trinajstić information content (AvgIpc) is 2.74. The molecular weight excluding hydrogens is 392 g/mol. The number of carboxylic acids is 1. The first-order valence-corrected chi connectivity index (χ1v) is 8.98. The zero-order valence-electron chi connectivity index (χ0n) is 16.4. The highest BCUT2D eigenvalue weighted by molar-refractivity contribution is 5.79. The molecule has 0 aliphatic carbocycles. The van der Waals surface area contributed by atoms with E-state index in [1.54, 1.807) is 42.5 Å². The maximum Gasteiger partial charge on any atom is 0.305 e. The van der Waals surface area contributed by atoms with E-state index >= 15 is 0 Å². The number of fused-ring (bicyclic) bond motifs is 1. The Morgan fingerprint density at radius 1 is 1.13 bits per heavy atom. The van der Waals surface area contributed by atoms with Crippen LogP contribution in [0.4, 0.5) is 0 Å². The number of hydrogen-bond donors (Lipinski definition) is 2. The third kappa shape index (κ3) is 4.54. The van der Waals surface area contributed by atoms with Crippen LogP contribution in [-0.2, 0) is 16.1 Å². The molecule has 0 unspecified atom stereocenters. The minimum atomic E-state index is -1.10. The summed E-state index contributed by atoms with van der Waals surface area (Å²) < 4.78 is 11.4. The zero-order chi connectivity index (χ0) is 21.7. The number of aromatic nitrogens is 3. The highest BCUT2D eigenvalue weighted by atomic mass is 16.5. The maximum absolute atomic E-state index is 12.6. The van der Waals surface area contributed by atoms with Crippen molar-refractivity contribution < 1.29 is 24.2 Å². The second-order valence-corrected chi connectivity index (χ2v) is 6.40. The molecule has 0 bridgehead atoms. The topological polar surface area (TPSA) is 133 Å². The molecule has 30 heavy (non-hydrogen) atoms. The van der Waals surface area contributed by atoms with Gasteiger partial charge in [-0.3, -0.25) is 14.4 Å². The van der Waals surface area contributed by atoms with Crippen molar-refractivity contribution in [1.82, 2.24) is 20.3 Å². The van der Waals surface area contributed by atoms with Crippen molar-refractivity contribution in [3.8, 4) is 11.5 Å². The van der Waals surface area contributed by atoms with Crippen molar-refractivity contribution in [2.45, 2.75) is 19.0 Å². The van der Waals surface area contributed by atoms with Gasteiger partial charge in [0.1, 0.15) is 12.1 Å². The van der Waals surface area contributed by atoms with Crippen LogP contribution in [0.1, 0.15) is 18.0 Å². The van der Waals surface area contributed by atoms with Gasteiger partial charge in [0.2, 0.25) is 5.91 Å². The number of nitrogens with one attached hydrogen (secondary N) is 1. The average molecular weight is 412 g/mol. The van der Waals surface area contributed by atoms with Crippen LogP contribution in [-0.4, -0.2) is 46.2 Å². The molecule has 1 heterocycles. The van der Waals surface area contributed by atoms with Gasteiger partial charge in [0.15, 0.2) is 11.5 Å². The predicted molar refractivity (Wildman–Crippen MR) is 106 cm³/mol. The van der Waals surface area contributed by atoms with Crippen LogP contribution in [0.15, 0.2) is 47.3 Å². The minimum absolute atomic E-state index is 0.335. The van der Waals surface area contributed by atoms with Crippen molar-refractivity contribution in [1.29, 1.82) is 0 Å². The summed E-state index contributed by atoms with van der Waals surface area (Å²) in [5.41, 5.74) is 0.477. The monoisotopic (exact) mass is 412 g/mol. The minimum Gasteiger partial charge on any atom is -0.493 e. The Morgan fingerprint density at radius 3 is 2.57 bits per heavy atom. The largest absolute Gasteiger partial charge is 0.493 e. The van der Waals surface area contributed by atoms with Gasteiger partial charge < -0.3 is 19.9 Å². The molecule has 0 saturated heterocycles. The first-order chi connectivity index (χ1) is 14.4. The second-order valence-electron chi connectivity index (χ2n) is 6.40. The number of methoxy groups -OCH3 is 2. The molecule has 0 radical (unpaired) electrons. The summed E-state index contributed by atoms with van der Waals surface area (Å²) in [6.45, 7) is -0.403. The van der Waals surface area contributed by atoms with Gasteiger partial charge in [0, 0.05) is 0 Å². The number of carbonyl (C=O) groups excluding carboxylic acids is 1. The third-order valence-electron chi connectivity index (χ3n) is 4.45. The lowest BCUT2D eigenvalue weighted by Crippen LogP contribution is -2.36. The van der Waals surface area contributed by atoms with E-state index in [4.69, 9.17) is 9.47 Å². The number of aliphatic carboxylic acids is 1. The molecule has 0 saturated carbocycles. The summed E-state index contributed by atoms with van der Waals surface area (Å²) in [6.07, 6.45) is -0.362. The van der Waals surface area contributed by atoms with Gasteiger partial charge >= 0.3 is 5.97 Å². The summed E-state index contributed by atoms with van der Waals surface area (Å²) in [4.78, 5) is 36.4. The summed E-state index contributed by atoms with van der Waals surface area (Å²) in [7, 11) is 2.94. The van der Waals surface area contributed by atoms with E-state index in [1.165, 1.54) is 14.2 Å². The molecule has 0 spiro atoms. The lowest BCUT2D eigenvalue weighted by molar-refractivity contribution is -0.137. The van der Waals surface area contributed by atoms with Crippen molar-refractivity contribution >= 4 is 22.8 Å². The molecule has 3 aromatic rings. The number of carbonyl (C=O) groups is 2. The Morgan fingerprint density at radius 2 is 1.87 bits per heavy atom. The van der Waals surface area contributed by atoms with E-state index in [-0.39, 0.29) is 6.42 Å². The normalized spacial score (nSPS) is 11.7.